The lowest BCUT2D eigenvalue weighted by Crippen LogP contribution is -2.43. The molecule has 1 aromatic heterocycles. The number of nitrogens with one attached hydrogen (secondary N) is 2. The molecule has 0 unspecified atom stereocenters. The molecule has 6 nitrogen and oxygen atoms in total. The Labute approximate surface area is 164 Å². The van der Waals surface area contributed by atoms with Crippen LogP contribution in [-0.2, 0) is 10.3 Å². The van der Waals surface area contributed by atoms with Gasteiger partial charge in [-0.1, -0.05) is 30.3 Å². The van der Waals surface area contributed by atoms with Crippen molar-refractivity contribution < 1.29 is 9.53 Å². The van der Waals surface area contributed by atoms with Gasteiger partial charge in [0.1, 0.15) is 11.7 Å². The molecule has 0 atom stereocenters. The van der Waals surface area contributed by atoms with Gasteiger partial charge in [-0.25, -0.2) is 4.79 Å². The van der Waals surface area contributed by atoms with Crippen LogP contribution in [0.1, 0.15) is 45.9 Å². The minimum atomic E-state index is -0.580. The topological polar surface area (TPSA) is 90.8 Å². The molecule has 6 heteroatoms. The van der Waals surface area contributed by atoms with Gasteiger partial charge in [-0.2, -0.15) is 10.4 Å². The van der Waals surface area contributed by atoms with E-state index < -0.39 is 17.2 Å². The van der Waals surface area contributed by atoms with Crippen molar-refractivity contribution in [2.45, 2.75) is 45.8 Å². The van der Waals surface area contributed by atoms with Crippen molar-refractivity contribution >= 4 is 17.0 Å². The molecule has 2 aromatic carbocycles. The molecule has 0 fully saturated rings. The molecule has 0 aliphatic heterocycles. The minimum absolute atomic E-state index is 0.385. The number of carbonyl (C=O) groups is 1. The van der Waals surface area contributed by atoms with Crippen LogP contribution in [0.5, 0.6) is 0 Å². The summed E-state index contributed by atoms with van der Waals surface area (Å²) < 4.78 is 5.36. The highest BCUT2D eigenvalue weighted by Crippen LogP contribution is 2.28. The third-order valence-corrected chi connectivity index (χ3v) is 4.42. The number of hydrogen-bond donors (Lipinski definition) is 2. The predicted molar refractivity (Wildman–Crippen MR) is 109 cm³/mol. The summed E-state index contributed by atoms with van der Waals surface area (Å²) in [5.74, 6) is 0. The summed E-state index contributed by atoms with van der Waals surface area (Å²) in [7, 11) is 0. The van der Waals surface area contributed by atoms with Crippen LogP contribution < -0.4 is 5.32 Å². The average Bonchev–Trinajstić information content (AvgIpc) is 3.02. The Morgan fingerprint density at radius 2 is 1.71 bits per heavy atom. The van der Waals surface area contributed by atoms with E-state index in [1.165, 1.54) is 0 Å². The molecule has 0 saturated heterocycles. The van der Waals surface area contributed by atoms with Gasteiger partial charge in [0, 0.05) is 5.39 Å². The van der Waals surface area contributed by atoms with E-state index in [1.54, 1.807) is 0 Å². The molecule has 0 aliphatic rings. The van der Waals surface area contributed by atoms with Crippen LogP contribution in [0, 0.1) is 11.3 Å². The number of nitrogens with zero attached hydrogens (tertiary/aromatic N) is 2. The summed E-state index contributed by atoms with van der Waals surface area (Å²) in [6.07, 6.45) is -0.448. The fraction of sp³-hybridized carbons (Fsp3) is 0.318. The Morgan fingerprint density at radius 1 is 1.07 bits per heavy atom. The molecule has 0 aliphatic carbocycles. The van der Waals surface area contributed by atoms with Gasteiger partial charge in [0.05, 0.1) is 11.1 Å². The van der Waals surface area contributed by atoms with Crippen molar-refractivity contribution in [1.29, 1.82) is 5.26 Å². The second kappa shape index (κ2) is 7.01. The molecule has 2 N–H and O–H groups in total. The van der Waals surface area contributed by atoms with E-state index in [-0.39, 0.29) is 0 Å². The summed E-state index contributed by atoms with van der Waals surface area (Å²) in [6, 6.07) is 15.9. The zero-order chi connectivity index (χ0) is 20.5. The third-order valence-electron chi connectivity index (χ3n) is 4.42. The van der Waals surface area contributed by atoms with Gasteiger partial charge < -0.3 is 10.1 Å². The number of fused-ring (bicyclic) bond motifs is 1. The third kappa shape index (κ3) is 4.15. The minimum Gasteiger partial charge on any atom is -0.444 e. The Hall–Kier alpha value is -3.33. The van der Waals surface area contributed by atoms with E-state index in [4.69, 9.17) is 4.74 Å². The first kappa shape index (κ1) is 19.4. The summed E-state index contributed by atoms with van der Waals surface area (Å²) in [5.41, 5.74) is 3.07. The monoisotopic (exact) mass is 376 g/mol. The van der Waals surface area contributed by atoms with E-state index in [9.17, 15) is 10.1 Å². The van der Waals surface area contributed by atoms with E-state index >= 15 is 0 Å². The molecule has 1 amide bonds. The molecular weight excluding hydrogens is 352 g/mol. The molecule has 28 heavy (non-hydrogen) atoms. The molecule has 0 saturated carbocycles. The van der Waals surface area contributed by atoms with Gasteiger partial charge in [0.15, 0.2) is 5.69 Å². The fourth-order valence-electron chi connectivity index (χ4n) is 2.99. The van der Waals surface area contributed by atoms with Gasteiger partial charge >= 0.3 is 6.09 Å². The van der Waals surface area contributed by atoms with Gasteiger partial charge in [0.2, 0.25) is 0 Å². The van der Waals surface area contributed by atoms with E-state index in [0.717, 1.165) is 27.6 Å². The van der Waals surface area contributed by atoms with Crippen LogP contribution in [0.15, 0.2) is 42.5 Å². The average molecular weight is 376 g/mol. The van der Waals surface area contributed by atoms with Crippen molar-refractivity contribution in [3.63, 3.8) is 0 Å². The number of ether oxygens (including phenoxy) is 1. The Morgan fingerprint density at radius 3 is 2.32 bits per heavy atom. The summed E-state index contributed by atoms with van der Waals surface area (Å²) in [6.45, 7) is 9.38. The molecule has 1 heterocycles. The van der Waals surface area contributed by atoms with Crippen molar-refractivity contribution in [2.24, 2.45) is 0 Å². The highest BCUT2D eigenvalue weighted by atomic mass is 16.6. The molecule has 0 radical (unpaired) electrons. The van der Waals surface area contributed by atoms with Crippen molar-refractivity contribution in [2.75, 3.05) is 0 Å². The van der Waals surface area contributed by atoms with Gasteiger partial charge in [-0.15, -0.1) is 0 Å². The van der Waals surface area contributed by atoms with Crippen molar-refractivity contribution in [1.82, 2.24) is 15.5 Å². The second-order valence-electron chi connectivity index (χ2n) is 8.27. The highest BCUT2D eigenvalue weighted by Gasteiger charge is 2.26. The lowest BCUT2D eigenvalue weighted by atomic mass is 9.92. The van der Waals surface area contributed by atoms with Crippen molar-refractivity contribution in [3.05, 3.63) is 53.7 Å². The van der Waals surface area contributed by atoms with Crippen LogP contribution in [-0.4, -0.2) is 21.9 Å². The summed E-state index contributed by atoms with van der Waals surface area (Å²) in [5, 5.41) is 19.8. The maximum Gasteiger partial charge on any atom is 0.408 e. The van der Waals surface area contributed by atoms with Gasteiger partial charge in [-0.3, -0.25) is 5.10 Å². The largest absolute Gasteiger partial charge is 0.444 e. The number of nitriles is 1. The zero-order valence-electron chi connectivity index (χ0n) is 16.8. The maximum atomic E-state index is 12.1. The van der Waals surface area contributed by atoms with E-state index in [2.05, 4.69) is 21.6 Å². The number of amides is 1. The van der Waals surface area contributed by atoms with Crippen molar-refractivity contribution in [3.8, 4) is 17.2 Å². The number of benzene rings is 2. The van der Waals surface area contributed by atoms with E-state index in [1.807, 2.05) is 77.1 Å². The molecule has 0 bridgehead atoms. The van der Waals surface area contributed by atoms with Crippen LogP contribution in [0.4, 0.5) is 4.79 Å². The Balaban J connectivity index is 1.83. The molecule has 0 spiro atoms. The van der Waals surface area contributed by atoms with Crippen LogP contribution >= 0.6 is 0 Å². The molecule has 3 aromatic rings. The number of hydrogen-bond acceptors (Lipinski definition) is 4. The quantitative estimate of drug-likeness (QED) is 0.683. The Bertz CT molecular complexity index is 1050. The first-order valence-corrected chi connectivity index (χ1v) is 9.09. The smallest absolute Gasteiger partial charge is 0.408 e. The summed E-state index contributed by atoms with van der Waals surface area (Å²) >= 11 is 0. The fourth-order valence-corrected chi connectivity index (χ4v) is 2.99. The second-order valence-corrected chi connectivity index (χ2v) is 8.27. The van der Waals surface area contributed by atoms with E-state index in [0.29, 0.717) is 5.69 Å². The lowest BCUT2D eigenvalue weighted by Gasteiger charge is -2.29. The number of alkyl carbamates (subject to hydrolysis) is 1. The van der Waals surface area contributed by atoms with Crippen LogP contribution in [0.2, 0.25) is 0 Å². The SMILES string of the molecule is CC(C)(C)OC(=O)NC(C)(C)c1ccc(-c2ccc3[nH]nc(C#N)c3c2)cc1. The zero-order valence-corrected chi connectivity index (χ0v) is 16.8. The number of H-pyrrole nitrogens is 1. The van der Waals surface area contributed by atoms with Gasteiger partial charge in [0.25, 0.3) is 0 Å². The number of aromatic nitrogens is 2. The Kier molecular flexibility index (Phi) is 4.86. The highest BCUT2D eigenvalue weighted by molar-refractivity contribution is 5.88. The number of aromatic amines is 1. The number of carbonyl (C=O) groups excluding carboxylic acids is 1. The van der Waals surface area contributed by atoms with Gasteiger partial charge in [-0.05, 0) is 63.4 Å². The molecule has 3 rings (SSSR count). The first-order valence-electron chi connectivity index (χ1n) is 9.09. The maximum absolute atomic E-state index is 12.1. The van der Waals surface area contributed by atoms with Crippen LogP contribution in [0.3, 0.4) is 0 Å². The predicted octanol–water partition coefficient (Wildman–Crippen LogP) is 4.86. The van der Waals surface area contributed by atoms with Crippen LogP contribution in [0.25, 0.3) is 22.0 Å². The lowest BCUT2D eigenvalue weighted by molar-refractivity contribution is 0.0470. The molecular formula is C22H24N4O2. The first-order chi connectivity index (χ1) is 13.1. The molecule has 144 valence electrons. The standard InChI is InChI=1S/C22H24N4O2/c1-21(2,3)28-20(27)24-22(4,5)16-9-6-14(7-10-16)15-8-11-18-17(12-15)19(13-23)26-25-18/h6-12H,1-5H3,(H,24,27)(H,25,26). The number of rotatable bonds is 3. The normalized spacial score (nSPS) is 11.9. The summed E-state index contributed by atoms with van der Waals surface area (Å²) in [4.78, 5) is 12.1.